The molecule has 0 radical (unpaired) electrons. The van der Waals surface area contributed by atoms with Gasteiger partial charge < -0.3 is 49.3 Å². The molecule has 5 aliphatic rings. The van der Waals surface area contributed by atoms with Crippen molar-refractivity contribution in [2.45, 2.75) is 119 Å². The molecule has 2 heterocycles. The molecule has 0 spiro atoms. The molecular formula is C30H42O11. The van der Waals surface area contributed by atoms with Gasteiger partial charge in [0.15, 0.2) is 6.29 Å². The first kappa shape index (κ1) is 29.4. The minimum atomic E-state index is -1.57. The van der Waals surface area contributed by atoms with Crippen LogP contribution in [0.5, 0.6) is 0 Å². The molecule has 6 rings (SSSR count). The van der Waals surface area contributed by atoms with Gasteiger partial charge in [0, 0.05) is 17.9 Å². The first-order valence-corrected chi connectivity index (χ1v) is 14.9. The van der Waals surface area contributed by atoms with Crippen LogP contribution in [0.25, 0.3) is 0 Å². The van der Waals surface area contributed by atoms with E-state index >= 15 is 0 Å². The third-order valence-electron chi connectivity index (χ3n) is 12.0. The van der Waals surface area contributed by atoms with Gasteiger partial charge in [0.25, 0.3) is 0 Å². The quantitative estimate of drug-likeness (QED) is 0.209. The first-order valence-electron chi connectivity index (χ1n) is 14.9. The van der Waals surface area contributed by atoms with Crippen molar-refractivity contribution in [3.63, 3.8) is 0 Å². The summed E-state index contributed by atoms with van der Waals surface area (Å²) in [5.41, 5.74) is -3.50. The van der Waals surface area contributed by atoms with Gasteiger partial charge in [-0.25, -0.2) is 4.79 Å². The van der Waals surface area contributed by atoms with Crippen LogP contribution in [0, 0.1) is 22.7 Å². The maximum atomic E-state index is 13.0. The molecule has 1 aromatic heterocycles. The van der Waals surface area contributed by atoms with Gasteiger partial charge in [-0.2, -0.15) is 0 Å². The fourth-order valence-electron chi connectivity index (χ4n) is 9.72. The Hall–Kier alpha value is -1.70. The van der Waals surface area contributed by atoms with Crippen molar-refractivity contribution < 1.29 is 49.3 Å². The van der Waals surface area contributed by atoms with Crippen LogP contribution in [0.15, 0.2) is 27.6 Å². The summed E-state index contributed by atoms with van der Waals surface area (Å²) in [5, 5.41) is 64.7. The highest BCUT2D eigenvalue weighted by molar-refractivity contribution is 5.64. The lowest BCUT2D eigenvalue weighted by Gasteiger charge is -2.65. The van der Waals surface area contributed by atoms with Gasteiger partial charge in [-0.05, 0) is 80.8 Å². The summed E-state index contributed by atoms with van der Waals surface area (Å²) in [4.78, 5) is 24.6. The zero-order valence-electron chi connectivity index (χ0n) is 23.3. The molecule has 5 fully saturated rings. The Morgan fingerprint density at radius 1 is 0.976 bits per heavy atom. The van der Waals surface area contributed by atoms with Gasteiger partial charge in [0.05, 0.1) is 35.6 Å². The van der Waals surface area contributed by atoms with Crippen LogP contribution in [0.1, 0.15) is 76.2 Å². The van der Waals surface area contributed by atoms with Crippen LogP contribution in [-0.2, 0) is 14.3 Å². The van der Waals surface area contributed by atoms with E-state index in [0.29, 0.717) is 44.9 Å². The van der Waals surface area contributed by atoms with Gasteiger partial charge in [-0.3, -0.25) is 0 Å². The maximum Gasteiger partial charge on any atom is 0.335 e. The molecule has 2 unspecified atom stereocenters. The zero-order chi connectivity index (χ0) is 29.4. The summed E-state index contributed by atoms with van der Waals surface area (Å²) < 4.78 is 16.7. The molecule has 11 nitrogen and oxygen atoms in total. The number of hydrogen-bond donors (Lipinski definition) is 6. The lowest BCUT2D eigenvalue weighted by atomic mass is 9.41. The van der Waals surface area contributed by atoms with Gasteiger partial charge >= 0.3 is 5.63 Å². The predicted molar refractivity (Wildman–Crippen MR) is 141 cm³/mol. The molecule has 6 N–H and O–H groups in total. The van der Waals surface area contributed by atoms with Crippen molar-refractivity contribution in [1.29, 1.82) is 0 Å². The molecule has 13 atom stereocenters. The van der Waals surface area contributed by atoms with E-state index in [-0.39, 0.29) is 24.2 Å². The Kier molecular flexibility index (Phi) is 7.30. The Morgan fingerprint density at radius 2 is 1.73 bits per heavy atom. The van der Waals surface area contributed by atoms with Crippen LogP contribution in [-0.4, -0.2) is 91.5 Å². The molecule has 1 aromatic rings. The average molecular weight is 579 g/mol. The standard InChI is InChI=1S/C30H42O11/c1-27-8-5-19-20(30(27,38)11-7-18(27)16-2-3-22(33)39-14-16)6-10-29(37)12-17(4-9-28(19,29)15-32)40-26-25(36)24(35)23(34)21(13-31)41-26/h2-3,14-15,17-21,23-26,31,34-38H,4-13H2,1H3/t17?,18-,19+,20-,21-,23-,24+,25-,26-,27-,28+,29?,30+/m1/s1. The molecule has 41 heavy (non-hydrogen) atoms. The fraction of sp³-hybridized carbons (Fsp3) is 0.800. The summed E-state index contributed by atoms with van der Waals surface area (Å²) >= 11 is 0. The molecule has 0 aromatic carbocycles. The van der Waals surface area contributed by atoms with E-state index in [9.17, 15) is 40.2 Å². The number of carbonyl (C=O) groups excluding carboxylic acids is 1. The molecule has 0 bridgehead atoms. The van der Waals surface area contributed by atoms with E-state index in [2.05, 4.69) is 6.92 Å². The molecule has 4 aliphatic carbocycles. The predicted octanol–water partition coefficient (Wildman–Crippen LogP) is 0.360. The Labute approximate surface area is 238 Å². The number of ether oxygens (including phenoxy) is 2. The van der Waals surface area contributed by atoms with Crippen LogP contribution in [0.2, 0.25) is 0 Å². The molecule has 228 valence electrons. The number of carbonyl (C=O) groups is 1. The summed E-state index contributed by atoms with van der Waals surface area (Å²) in [6, 6.07) is 3.19. The Morgan fingerprint density at radius 3 is 2.41 bits per heavy atom. The molecule has 0 amide bonds. The van der Waals surface area contributed by atoms with Crippen molar-refractivity contribution in [3.8, 4) is 0 Å². The van der Waals surface area contributed by atoms with Gasteiger partial charge in [-0.1, -0.05) is 6.92 Å². The van der Waals surface area contributed by atoms with E-state index in [1.165, 1.54) is 12.3 Å². The number of aldehydes is 1. The van der Waals surface area contributed by atoms with E-state index in [4.69, 9.17) is 13.9 Å². The second kappa shape index (κ2) is 10.2. The molecule has 1 aliphatic heterocycles. The van der Waals surface area contributed by atoms with E-state index in [1.807, 2.05) is 0 Å². The number of rotatable bonds is 5. The number of aliphatic hydroxyl groups is 6. The molecular weight excluding hydrogens is 536 g/mol. The highest BCUT2D eigenvalue weighted by Gasteiger charge is 2.71. The zero-order valence-corrected chi connectivity index (χ0v) is 23.3. The van der Waals surface area contributed by atoms with Gasteiger partial charge in [0.1, 0.15) is 30.7 Å². The van der Waals surface area contributed by atoms with Crippen LogP contribution >= 0.6 is 0 Å². The second-order valence-corrected chi connectivity index (χ2v) is 13.5. The highest BCUT2D eigenvalue weighted by Crippen LogP contribution is 2.71. The van der Waals surface area contributed by atoms with Gasteiger partial charge in [0.2, 0.25) is 0 Å². The number of hydrogen-bond acceptors (Lipinski definition) is 11. The normalized spacial score (nSPS) is 51.3. The summed E-state index contributed by atoms with van der Waals surface area (Å²) in [7, 11) is 0. The van der Waals surface area contributed by atoms with E-state index < -0.39 is 71.1 Å². The van der Waals surface area contributed by atoms with E-state index in [0.717, 1.165) is 18.3 Å². The number of fused-ring (bicyclic) bond motifs is 5. The first-order chi connectivity index (χ1) is 19.4. The van der Waals surface area contributed by atoms with Crippen molar-refractivity contribution in [3.05, 3.63) is 34.4 Å². The highest BCUT2D eigenvalue weighted by atomic mass is 16.7. The third kappa shape index (κ3) is 4.15. The average Bonchev–Trinajstić information content (AvgIpc) is 3.24. The number of aliphatic hydroxyl groups excluding tert-OH is 4. The smallest absolute Gasteiger partial charge is 0.335 e. The molecule has 1 saturated heterocycles. The maximum absolute atomic E-state index is 13.0. The largest absolute Gasteiger partial charge is 0.431 e. The Bertz CT molecular complexity index is 1180. The lowest BCUT2D eigenvalue weighted by Crippen LogP contribution is -2.69. The fourth-order valence-corrected chi connectivity index (χ4v) is 9.72. The van der Waals surface area contributed by atoms with Crippen molar-refractivity contribution in [2.24, 2.45) is 22.7 Å². The minimum absolute atomic E-state index is 0.00784. The second-order valence-electron chi connectivity index (χ2n) is 13.5. The summed E-state index contributed by atoms with van der Waals surface area (Å²) in [6.07, 6.45) is -0.939. The monoisotopic (exact) mass is 578 g/mol. The lowest BCUT2D eigenvalue weighted by molar-refractivity contribution is -0.322. The summed E-state index contributed by atoms with van der Waals surface area (Å²) in [6.45, 7) is 1.53. The minimum Gasteiger partial charge on any atom is -0.431 e. The van der Waals surface area contributed by atoms with Crippen molar-refractivity contribution in [2.75, 3.05) is 6.61 Å². The SMILES string of the molecule is C[C@]12CC[C@H]3[C@@H](CCC4(O)CC(O[C@@H]5O[C@H](CO)[C@@H](O)[C@H](O)[C@H]5O)CC[C@]34C=O)[C@@]1(O)CC[C@@H]2c1ccc(=O)oc1. The van der Waals surface area contributed by atoms with Crippen molar-refractivity contribution >= 4 is 6.29 Å². The van der Waals surface area contributed by atoms with Crippen LogP contribution in [0.4, 0.5) is 0 Å². The van der Waals surface area contributed by atoms with Crippen LogP contribution < -0.4 is 5.63 Å². The van der Waals surface area contributed by atoms with Crippen LogP contribution in [0.3, 0.4) is 0 Å². The molecule has 4 saturated carbocycles. The summed E-state index contributed by atoms with van der Waals surface area (Å²) in [5.74, 6) is -0.402. The van der Waals surface area contributed by atoms with Gasteiger partial charge in [-0.15, -0.1) is 0 Å². The molecule has 11 heteroatoms. The topological polar surface area (TPSA) is 187 Å². The third-order valence-corrected chi connectivity index (χ3v) is 12.0. The Balaban J connectivity index is 1.22. The van der Waals surface area contributed by atoms with E-state index in [1.54, 1.807) is 6.07 Å². The van der Waals surface area contributed by atoms with Crippen molar-refractivity contribution in [1.82, 2.24) is 0 Å².